The molecule has 0 heterocycles. The summed E-state index contributed by atoms with van der Waals surface area (Å²) in [6, 6.07) is 1.29. The van der Waals surface area contributed by atoms with Gasteiger partial charge >= 0.3 is 11.9 Å². The highest BCUT2D eigenvalue weighted by atomic mass is 79.9. The monoisotopic (exact) mass is 366 g/mol. The molecule has 17 heavy (non-hydrogen) atoms. The lowest BCUT2D eigenvalue weighted by molar-refractivity contribution is 0.0554. The Bertz CT molecular complexity index is 484. The van der Waals surface area contributed by atoms with E-state index < -0.39 is 11.9 Å². The molecule has 0 aliphatic heterocycles. The van der Waals surface area contributed by atoms with Crippen molar-refractivity contribution in [3.63, 3.8) is 0 Å². The number of benzene rings is 1. The number of phenols is 1. The summed E-state index contributed by atoms with van der Waals surface area (Å²) in [4.78, 5) is 23.1. The van der Waals surface area contributed by atoms with Crippen molar-refractivity contribution >= 4 is 43.8 Å². The van der Waals surface area contributed by atoms with Gasteiger partial charge in [-0.2, -0.15) is 0 Å². The molecule has 0 aliphatic carbocycles. The largest absolute Gasteiger partial charge is 0.506 e. The molecule has 1 aromatic rings. The van der Waals surface area contributed by atoms with Gasteiger partial charge in [-0.15, -0.1) is 0 Å². The number of hydrogen-bond donors (Lipinski definition) is 1. The minimum atomic E-state index is -0.750. The Morgan fingerprint density at radius 3 is 2.18 bits per heavy atom. The van der Waals surface area contributed by atoms with E-state index in [-0.39, 0.29) is 25.8 Å². The average Bonchev–Trinajstić information content (AvgIpc) is 2.33. The van der Waals surface area contributed by atoms with Crippen molar-refractivity contribution in [3.05, 3.63) is 26.1 Å². The molecule has 92 valence electrons. The first-order valence-corrected chi connectivity index (χ1v) is 5.90. The molecule has 0 bridgehead atoms. The normalized spacial score (nSPS) is 9.88. The summed E-state index contributed by atoms with van der Waals surface area (Å²) in [5.41, 5.74) is -0.0871. The summed E-state index contributed by atoms with van der Waals surface area (Å²) in [7, 11) is 2.37. The molecule has 1 rings (SSSR count). The van der Waals surface area contributed by atoms with Gasteiger partial charge in [0.25, 0.3) is 0 Å². The van der Waals surface area contributed by atoms with Crippen LogP contribution < -0.4 is 0 Å². The molecule has 0 spiro atoms. The molecule has 0 aromatic heterocycles. The van der Waals surface area contributed by atoms with Crippen LogP contribution in [0.1, 0.15) is 20.7 Å². The van der Waals surface area contributed by atoms with Crippen molar-refractivity contribution in [2.75, 3.05) is 14.2 Å². The number of carbonyl (C=O) groups excluding carboxylic acids is 2. The fraction of sp³-hybridized carbons (Fsp3) is 0.200. The second kappa shape index (κ2) is 5.50. The molecule has 0 atom stereocenters. The number of carbonyl (C=O) groups is 2. The average molecular weight is 368 g/mol. The minimum Gasteiger partial charge on any atom is -0.506 e. The quantitative estimate of drug-likeness (QED) is 0.813. The fourth-order valence-electron chi connectivity index (χ4n) is 1.18. The van der Waals surface area contributed by atoms with Crippen molar-refractivity contribution in [3.8, 4) is 5.75 Å². The van der Waals surface area contributed by atoms with Crippen LogP contribution in [0.3, 0.4) is 0 Å². The zero-order chi connectivity index (χ0) is 13.2. The molecule has 0 fully saturated rings. The summed E-state index contributed by atoms with van der Waals surface area (Å²) in [6.07, 6.45) is 0. The van der Waals surface area contributed by atoms with Crippen LogP contribution in [-0.2, 0) is 9.47 Å². The molecular formula is C10H8Br2O5. The van der Waals surface area contributed by atoms with Gasteiger partial charge in [0.15, 0.2) is 0 Å². The van der Waals surface area contributed by atoms with Crippen LogP contribution in [-0.4, -0.2) is 31.3 Å². The lowest BCUT2D eigenvalue weighted by Crippen LogP contribution is -2.13. The molecule has 5 nitrogen and oxygen atoms in total. The summed E-state index contributed by atoms with van der Waals surface area (Å²) in [6.45, 7) is 0. The summed E-state index contributed by atoms with van der Waals surface area (Å²) in [5.74, 6) is -1.65. The molecular weight excluding hydrogens is 360 g/mol. The van der Waals surface area contributed by atoms with E-state index in [9.17, 15) is 14.7 Å². The first kappa shape index (κ1) is 14.0. The van der Waals surface area contributed by atoms with Crippen molar-refractivity contribution in [1.82, 2.24) is 0 Å². The lowest BCUT2D eigenvalue weighted by Gasteiger charge is -2.11. The number of phenolic OH excluding ortho intramolecular Hbond substituents is 1. The summed E-state index contributed by atoms with van der Waals surface area (Å²) >= 11 is 6.09. The van der Waals surface area contributed by atoms with Crippen molar-refractivity contribution < 1.29 is 24.2 Å². The maximum absolute atomic E-state index is 11.6. The second-order valence-corrected chi connectivity index (χ2v) is 4.57. The molecule has 0 aliphatic rings. The smallest absolute Gasteiger partial charge is 0.340 e. The van der Waals surface area contributed by atoms with E-state index in [0.717, 1.165) is 0 Å². The Morgan fingerprint density at radius 1 is 1.18 bits per heavy atom. The van der Waals surface area contributed by atoms with Gasteiger partial charge < -0.3 is 14.6 Å². The molecule has 0 saturated heterocycles. The van der Waals surface area contributed by atoms with Gasteiger partial charge in [-0.1, -0.05) is 0 Å². The zero-order valence-electron chi connectivity index (χ0n) is 8.91. The van der Waals surface area contributed by atoms with Crippen LogP contribution in [0.2, 0.25) is 0 Å². The first-order valence-electron chi connectivity index (χ1n) is 4.31. The predicted octanol–water partition coefficient (Wildman–Crippen LogP) is 2.49. The Kier molecular flexibility index (Phi) is 4.53. The van der Waals surface area contributed by atoms with E-state index in [1.165, 1.54) is 20.3 Å². The van der Waals surface area contributed by atoms with Crippen LogP contribution >= 0.6 is 31.9 Å². The highest BCUT2D eigenvalue weighted by Gasteiger charge is 2.25. The number of hydrogen-bond acceptors (Lipinski definition) is 5. The van der Waals surface area contributed by atoms with Crippen LogP contribution in [0.15, 0.2) is 15.0 Å². The Morgan fingerprint density at radius 2 is 1.71 bits per heavy atom. The van der Waals surface area contributed by atoms with E-state index in [4.69, 9.17) is 0 Å². The molecule has 0 saturated carbocycles. The third-order valence-corrected chi connectivity index (χ3v) is 3.37. The van der Waals surface area contributed by atoms with Crippen molar-refractivity contribution in [2.24, 2.45) is 0 Å². The Hall–Kier alpha value is -1.08. The Labute approximate surface area is 114 Å². The molecule has 0 radical (unpaired) electrons. The molecule has 0 unspecified atom stereocenters. The highest BCUT2D eigenvalue weighted by Crippen LogP contribution is 2.37. The van der Waals surface area contributed by atoms with Gasteiger partial charge in [0, 0.05) is 0 Å². The minimum absolute atomic E-state index is 0.00380. The van der Waals surface area contributed by atoms with Gasteiger partial charge in [-0.25, -0.2) is 9.59 Å². The van der Waals surface area contributed by atoms with Crippen LogP contribution in [0, 0.1) is 0 Å². The molecule has 1 N–H and O–H groups in total. The number of methoxy groups -OCH3 is 2. The first-order chi connectivity index (χ1) is 7.93. The molecule has 7 heteroatoms. The van der Waals surface area contributed by atoms with Gasteiger partial charge in [0.05, 0.1) is 34.3 Å². The van der Waals surface area contributed by atoms with E-state index in [2.05, 4.69) is 41.3 Å². The van der Waals surface area contributed by atoms with Gasteiger partial charge in [-0.3, -0.25) is 0 Å². The zero-order valence-corrected chi connectivity index (χ0v) is 12.1. The van der Waals surface area contributed by atoms with E-state index in [0.29, 0.717) is 0 Å². The molecule has 1 aromatic carbocycles. The van der Waals surface area contributed by atoms with Crippen LogP contribution in [0.25, 0.3) is 0 Å². The predicted molar refractivity (Wildman–Crippen MR) is 66.2 cm³/mol. The van der Waals surface area contributed by atoms with E-state index >= 15 is 0 Å². The van der Waals surface area contributed by atoms with Gasteiger partial charge in [-0.05, 0) is 37.9 Å². The van der Waals surface area contributed by atoms with Crippen molar-refractivity contribution in [2.45, 2.75) is 0 Å². The Balaban J connectivity index is 3.57. The fourth-order valence-corrected chi connectivity index (χ4v) is 2.46. The topological polar surface area (TPSA) is 72.8 Å². The SMILES string of the molecule is COC(=O)c1cc(Br)c(O)c(Br)c1C(=O)OC. The summed E-state index contributed by atoms with van der Waals surface area (Å²) < 4.78 is 9.43. The van der Waals surface area contributed by atoms with Gasteiger partial charge in [0.2, 0.25) is 0 Å². The van der Waals surface area contributed by atoms with Crippen LogP contribution in [0.4, 0.5) is 0 Å². The lowest BCUT2D eigenvalue weighted by atomic mass is 10.1. The summed E-state index contributed by atoms with van der Waals surface area (Å²) in [5, 5.41) is 9.66. The number of ether oxygens (including phenoxy) is 2. The molecule has 0 amide bonds. The second-order valence-electron chi connectivity index (χ2n) is 2.93. The number of halogens is 2. The maximum Gasteiger partial charge on any atom is 0.340 e. The number of rotatable bonds is 2. The van der Waals surface area contributed by atoms with Crippen molar-refractivity contribution in [1.29, 1.82) is 0 Å². The highest BCUT2D eigenvalue weighted by molar-refractivity contribution is 9.11. The third kappa shape index (κ3) is 2.61. The van der Waals surface area contributed by atoms with E-state index in [1.54, 1.807) is 0 Å². The third-order valence-electron chi connectivity index (χ3n) is 1.99. The standard InChI is InChI=1S/C10H8Br2O5/c1-16-9(14)4-3-5(11)8(13)7(12)6(4)10(15)17-2/h3,13H,1-2H3. The maximum atomic E-state index is 11.6. The van der Waals surface area contributed by atoms with E-state index in [1.807, 2.05) is 0 Å². The number of esters is 2. The van der Waals surface area contributed by atoms with Crippen LogP contribution in [0.5, 0.6) is 5.75 Å². The number of aromatic hydroxyl groups is 1. The van der Waals surface area contributed by atoms with Gasteiger partial charge in [0.1, 0.15) is 5.75 Å².